The van der Waals surface area contributed by atoms with E-state index in [1.54, 1.807) is 6.92 Å². The molecule has 0 fully saturated rings. The number of quaternary nitrogens is 1. The Bertz CT molecular complexity index is 63.4. The first-order valence-corrected chi connectivity index (χ1v) is 2.88. The first-order valence-electron chi connectivity index (χ1n) is 2.88. The molecule has 0 aromatic carbocycles. The highest BCUT2D eigenvalue weighted by Gasteiger charge is 2.04. The molecule has 0 bridgehead atoms. The summed E-state index contributed by atoms with van der Waals surface area (Å²) < 4.78 is 0.769. The lowest BCUT2D eigenvalue weighted by molar-refractivity contribution is -0.880. The van der Waals surface area contributed by atoms with Crippen molar-refractivity contribution in [2.45, 2.75) is 13.0 Å². The van der Waals surface area contributed by atoms with Gasteiger partial charge in [0.15, 0.2) is 0 Å². The molecule has 1 unspecified atom stereocenters. The van der Waals surface area contributed by atoms with Crippen molar-refractivity contribution in [3.63, 3.8) is 0 Å². The highest BCUT2D eigenvalue weighted by molar-refractivity contribution is 4.36. The Hall–Kier alpha value is -0.0800. The predicted octanol–water partition coefficient (Wildman–Crippen LogP) is -0.559. The quantitative estimate of drug-likeness (QED) is 0.445. The van der Waals surface area contributed by atoms with Crippen LogP contribution in [-0.2, 0) is 0 Å². The van der Waals surface area contributed by atoms with Gasteiger partial charge in [0.25, 0.3) is 0 Å². The molecule has 0 saturated heterocycles. The van der Waals surface area contributed by atoms with Gasteiger partial charge in [-0.2, -0.15) is 0 Å². The van der Waals surface area contributed by atoms with Crippen molar-refractivity contribution in [1.82, 2.24) is 0 Å². The topological polar surface area (TPSA) is 23.1 Å². The fraction of sp³-hybridized carbons (Fsp3) is 1.00. The SMILES string of the molecule is CC([O-])C[N+](C)(C)C. The molecule has 0 aliphatic carbocycles. The highest BCUT2D eigenvalue weighted by atomic mass is 16.3. The molecule has 0 N–H and O–H groups in total. The summed E-state index contributed by atoms with van der Waals surface area (Å²) in [6.07, 6.45) is -0.435. The summed E-state index contributed by atoms with van der Waals surface area (Å²) in [7, 11) is 6.07. The first kappa shape index (κ1) is 7.92. The molecule has 0 radical (unpaired) electrons. The number of rotatable bonds is 2. The van der Waals surface area contributed by atoms with Gasteiger partial charge in [0.2, 0.25) is 0 Å². The standard InChI is InChI=1S/C6H15NO/c1-6(8)5-7(2,3)4/h6H,5H2,1-4H3. The zero-order chi connectivity index (χ0) is 6.78. The molecule has 0 heterocycles. The van der Waals surface area contributed by atoms with Crippen LogP contribution in [0.2, 0.25) is 0 Å². The maximum Gasteiger partial charge on any atom is 0.0676 e. The molecule has 0 spiro atoms. The van der Waals surface area contributed by atoms with Gasteiger partial charge in [-0.1, -0.05) is 13.0 Å². The molecular weight excluding hydrogens is 102 g/mol. The zero-order valence-electron chi connectivity index (χ0n) is 6.14. The van der Waals surface area contributed by atoms with E-state index < -0.39 is 6.10 Å². The minimum atomic E-state index is -0.435. The van der Waals surface area contributed by atoms with Crippen LogP contribution in [-0.4, -0.2) is 38.3 Å². The molecule has 2 nitrogen and oxygen atoms in total. The number of likely N-dealkylation sites (N-methyl/N-ethyl adjacent to an activating group) is 1. The van der Waals surface area contributed by atoms with Gasteiger partial charge in [-0.25, -0.2) is 0 Å². The van der Waals surface area contributed by atoms with Crippen LogP contribution in [0.3, 0.4) is 0 Å². The van der Waals surface area contributed by atoms with Crippen LogP contribution < -0.4 is 5.11 Å². The summed E-state index contributed by atoms with van der Waals surface area (Å²) in [5.41, 5.74) is 0. The molecule has 0 aliphatic rings. The van der Waals surface area contributed by atoms with Gasteiger partial charge in [-0.3, -0.25) is 0 Å². The van der Waals surface area contributed by atoms with E-state index in [1.165, 1.54) is 0 Å². The summed E-state index contributed by atoms with van der Waals surface area (Å²) in [5, 5.41) is 10.5. The Balaban J connectivity index is 3.39. The van der Waals surface area contributed by atoms with Gasteiger partial charge >= 0.3 is 0 Å². The smallest absolute Gasteiger partial charge is 0.0676 e. The van der Waals surface area contributed by atoms with E-state index in [2.05, 4.69) is 0 Å². The fourth-order valence-electron chi connectivity index (χ4n) is 0.771. The van der Waals surface area contributed by atoms with Crippen LogP contribution in [0.1, 0.15) is 6.92 Å². The molecule has 0 rings (SSSR count). The average molecular weight is 117 g/mol. The summed E-state index contributed by atoms with van der Waals surface area (Å²) in [5.74, 6) is 0. The largest absolute Gasteiger partial charge is 0.848 e. The molecule has 50 valence electrons. The Morgan fingerprint density at radius 2 is 1.75 bits per heavy atom. The van der Waals surface area contributed by atoms with E-state index in [-0.39, 0.29) is 0 Å². The molecule has 0 aromatic rings. The van der Waals surface area contributed by atoms with E-state index in [0.717, 1.165) is 4.48 Å². The summed E-state index contributed by atoms with van der Waals surface area (Å²) in [4.78, 5) is 0. The Kier molecular flexibility index (Phi) is 2.44. The molecule has 2 heteroatoms. The van der Waals surface area contributed by atoms with E-state index in [9.17, 15) is 5.11 Å². The number of nitrogens with zero attached hydrogens (tertiary/aromatic N) is 1. The molecule has 0 saturated carbocycles. The van der Waals surface area contributed by atoms with E-state index in [0.29, 0.717) is 6.54 Å². The second-order valence-electron chi connectivity index (χ2n) is 3.28. The van der Waals surface area contributed by atoms with Gasteiger partial charge < -0.3 is 9.59 Å². The van der Waals surface area contributed by atoms with Crippen LogP contribution in [0.4, 0.5) is 0 Å². The maximum atomic E-state index is 10.5. The monoisotopic (exact) mass is 117 g/mol. The third-order valence-electron chi connectivity index (χ3n) is 0.805. The maximum absolute atomic E-state index is 10.5. The number of hydrogen-bond acceptors (Lipinski definition) is 1. The Morgan fingerprint density at radius 3 is 1.75 bits per heavy atom. The second-order valence-corrected chi connectivity index (χ2v) is 3.28. The first-order chi connectivity index (χ1) is 3.42. The van der Waals surface area contributed by atoms with Crippen molar-refractivity contribution in [2.75, 3.05) is 27.7 Å². The van der Waals surface area contributed by atoms with Gasteiger partial charge in [0.05, 0.1) is 27.7 Å². The third-order valence-corrected chi connectivity index (χ3v) is 0.805. The summed E-state index contributed by atoms with van der Waals surface area (Å²) in [6, 6.07) is 0. The molecule has 8 heavy (non-hydrogen) atoms. The normalized spacial score (nSPS) is 16.1. The zero-order valence-corrected chi connectivity index (χ0v) is 6.14. The molecule has 0 amide bonds. The lowest BCUT2D eigenvalue weighted by Gasteiger charge is -2.30. The van der Waals surface area contributed by atoms with Crippen molar-refractivity contribution >= 4 is 0 Å². The minimum Gasteiger partial charge on any atom is -0.848 e. The predicted molar refractivity (Wildman–Crippen MR) is 32.4 cm³/mol. The minimum absolute atomic E-state index is 0.435. The molecular formula is C6H15NO. The highest BCUT2D eigenvalue weighted by Crippen LogP contribution is 1.89. The lowest BCUT2D eigenvalue weighted by Crippen LogP contribution is -2.44. The van der Waals surface area contributed by atoms with Crippen molar-refractivity contribution in [2.24, 2.45) is 0 Å². The van der Waals surface area contributed by atoms with Crippen LogP contribution in [0.15, 0.2) is 0 Å². The van der Waals surface area contributed by atoms with Gasteiger partial charge in [-0.15, -0.1) is 0 Å². The Morgan fingerprint density at radius 1 is 1.38 bits per heavy atom. The van der Waals surface area contributed by atoms with Crippen LogP contribution in [0.25, 0.3) is 0 Å². The van der Waals surface area contributed by atoms with Crippen molar-refractivity contribution in [3.05, 3.63) is 0 Å². The Labute approximate surface area is 51.3 Å². The van der Waals surface area contributed by atoms with Crippen LogP contribution >= 0.6 is 0 Å². The van der Waals surface area contributed by atoms with E-state index in [1.807, 2.05) is 21.1 Å². The van der Waals surface area contributed by atoms with Crippen LogP contribution in [0.5, 0.6) is 0 Å². The van der Waals surface area contributed by atoms with Gasteiger partial charge in [0.1, 0.15) is 0 Å². The fourth-order valence-corrected chi connectivity index (χ4v) is 0.771. The third kappa shape index (κ3) is 5.92. The average Bonchev–Trinajstić information content (AvgIpc) is 1.21. The van der Waals surface area contributed by atoms with Crippen molar-refractivity contribution < 1.29 is 9.59 Å². The van der Waals surface area contributed by atoms with Crippen molar-refractivity contribution in [1.29, 1.82) is 0 Å². The van der Waals surface area contributed by atoms with Gasteiger partial charge in [0, 0.05) is 0 Å². The van der Waals surface area contributed by atoms with E-state index in [4.69, 9.17) is 0 Å². The second kappa shape index (κ2) is 2.46. The lowest BCUT2D eigenvalue weighted by atomic mass is 10.3. The van der Waals surface area contributed by atoms with Gasteiger partial charge in [-0.05, 0) is 0 Å². The molecule has 1 atom stereocenters. The molecule has 0 aliphatic heterocycles. The van der Waals surface area contributed by atoms with Crippen molar-refractivity contribution in [3.8, 4) is 0 Å². The summed E-state index contributed by atoms with van der Waals surface area (Å²) >= 11 is 0. The number of hydrogen-bond donors (Lipinski definition) is 0. The molecule has 0 aromatic heterocycles. The summed E-state index contributed by atoms with van der Waals surface area (Å²) in [6.45, 7) is 2.41. The van der Waals surface area contributed by atoms with E-state index >= 15 is 0 Å². The van der Waals surface area contributed by atoms with Crippen LogP contribution in [0, 0.1) is 0 Å².